The molecule has 0 aromatic heterocycles. The number of anilines is 3. The minimum atomic E-state index is -3.82. The Labute approximate surface area is 198 Å². The summed E-state index contributed by atoms with van der Waals surface area (Å²) in [6.07, 6.45) is 1.27. The second-order valence-electron chi connectivity index (χ2n) is 7.79. The number of ether oxygens (including phenoxy) is 1. The van der Waals surface area contributed by atoms with E-state index in [2.05, 4.69) is 10.6 Å². The first-order chi connectivity index (χ1) is 15.8. The third kappa shape index (κ3) is 4.94. The smallest absolute Gasteiger partial charge is 0.264 e. The number of sulfonamides is 1. The van der Waals surface area contributed by atoms with Gasteiger partial charge in [-0.25, -0.2) is 12.8 Å². The molecular formula is C24H24FN3O3S2. The van der Waals surface area contributed by atoms with Crippen LogP contribution >= 0.6 is 12.2 Å². The summed E-state index contributed by atoms with van der Waals surface area (Å²) in [6.45, 7) is 1.86. The molecule has 0 amide bonds. The molecule has 3 aromatic carbocycles. The number of nitrogens with one attached hydrogen (secondary N) is 2. The van der Waals surface area contributed by atoms with E-state index in [4.69, 9.17) is 17.0 Å². The van der Waals surface area contributed by atoms with Gasteiger partial charge < -0.3 is 15.4 Å². The standard InChI is InChI=1S/C24H24FN3O3S2/c1-16-3-4-17-15-18(25)5-14-23(17)28(16)33(29,30)22-12-8-20(9-13-22)27-24(32)26-19-6-10-21(31-2)11-7-19/h5-16H,3-4H2,1-2H3,(H2,26,27,32)/t16-/m1/s1. The van der Waals surface area contributed by atoms with Crippen LogP contribution in [0.25, 0.3) is 0 Å². The molecule has 1 atom stereocenters. The predicted octanol–water partition coefficient (Wildman–Crippen LogP) is 5.17. The second kappa shape index (κ2) is 9.36. The van der Waals surface area contributed by atoms with Crippen molar-refractivity contribution in [2.45, 2.75) is 30.7 Å². The average Bonchev–Trinajstić information content (AvgIpc) is 2.79. The van der Waals surface area contributed by atoms with E-state index in [1.165, 1.54) is 34.6 Å². The normalized spacial score (nSPS) is 15.5. The number of rotatable bonds is 5. The van der Waals surface area contributed by atoms with Gasteiger partial charge in [0.25, 0.3) is 10.0 Å². The SMILES string of the molecule is COc1ccc(NC(=S)Nc2ccc(S(=O)(=O)N3c4ccc(F)cc4CC[C@H]3C)cc2)cc1. The molecule has 0 fully saturated rings. The molecule has 0 bridgehead atoms. The van der Waals surface area contributed by atoms with E-state index in [0.717, 1.165) is 11.4 Å². The van der Waals surface area contributed by atoms with Gasteiger partial charge in [-0.2, -0.15) is 0 Å². The van der Waals surface area contributed by atoms with Crippen molar-refractivity contribution in [3.8, 4) is 5.75 Å². The van der Waals surface area contributed by atoms with E-state index in [1.807, 2.05) is 31.2 Å². The van der Waals surface area contributed by atoms with Gasteiger partial charge >= 0.3 is 0 Å². The molecule has 172 valence electrons. The number of thiocarbonyl (C=S) groups is 1. The maximum absolute atomic E-state index is 13.7. The Balaban J connectivity index is 1.50. The van der Waals surface area contributed by atoms with Crippen molar-refractivity contribution in [3.63, 3.8) is 0 Å². The van der Waals surface area contributed by atoms with Crippen LogP contribution in [0.3, 0.4) is 0 Å². The van der Waals surface area contributed by atoms with Crippen LogP contribution in [-0.2, 0) is 16.4 Å². The van der Waals surface area contributed by atoms with Crippen LogP contribution in [0.5, 0.6) is 5.75 Å². The molecule has 0 aliphatic carbocycles. The fraction of sp³-hybridized carbons (Fsp3) is 0.208. The molecule has 9 heteroatoms. The molecule has 2 N–H and O–H groups in total. The molecule has 6 nitrogen and oxygen atoms in total. The molecule has 0 saturated carbocycles. The zero-order valence-electron chi connectivity index (χ0n) is 18.2. The Morgan fingerprint density at radius 1 is 1.03 bits per heavy atom. The molecule has 0 radical (unpaired) electrons. The maximum atomic E-state index is 13.7. The first-order valence-corrected chi connectivity index (χ1v) is 12.3. The number of hydrogen-bond acceptors (Lipinski definition) is 4. The number of hydrogen-bond donors (Lipinski definition) is 2. The average molecular weight is 486 g/mol. The van der Waals surface area contributed by atoms with Crippen molar-refractivity contribution in [1.82, 2.24) is 0 Å². The van der Waals surface area contributed by atoms with E-state index < -0.39 is 10.0 Å². The second-order valence-corrected chi connectivity index (χ2v) is 10.0. The Morgan fingerprint density at radius 3 is 2.24 bits per heavy atom. The highest BCUT2D eigenvalue weighted by atomic mass is 32.2. The number of fused-ring (bicyclic) bond motifs is 1. The molecule has 0 spiro atoms. The molecule has 33 heavy (non-hydrogen) atoms. The number of aryl methyl sites for hydroxylation is 1. The van der Waals surface area contributed by atoms with Crippen LogP contribution in [0.2, 0.25) is 0 Å². The number of nitrogens with zero attached hydrogens (tertiary/aromatic N) is 1. The molecule has 1 heterocycles. The van der Waals surface area contributed by atoms with E-state index in [0.29, 0.717) is 34.9 Å². The summed E-state index contributed by atoms with van der Waals surface area (Å²) in [5.74, 6) is 0.377. The van der Waals surface area contributed by atoms with Crippen molar-refractivity contribution in [3.05, 3.63) is 78.1 Å². The highest BCUT2D eigenvalue weighted by Crippen LogP contribution is 2.36. The lowest BCUT2D eigenvalue weighted by Gasteiger charge is -2.36. The first-order valence-electron chi connectivity index (χ1n) is 10.4. The van der Waals surface area contributed by atoms with Crippen LogP contribution in [0.15, 0.2) is 71.6 Å². The van der Waals surface area contributed by atoms with E-state index in [-0.39, 0.29) is 16.8 Å². The van der Waals surface area contributed by atoms with Crippen molar-refractivity contribution in [1.29, 1.82) is 0 Å². The maximum Gasteiger partial charge on any atom is 0.264 e. The fourth-order valence-electron chi connectivity index (χ4n) is 3.85. The summed E-state index contributed by atoms with van der Waals surface area (Å²) in [5.41, 5.74) is 2.67. The van der Waals surface area contributed by atoms with Gasteiger partial charge in [0.2, 0.25) is 0 Å². The van der Waals surface area contributed by atoms with Gasteiger partial charge in [-0.3, -0.25) is 4.31 Å². The zero-order chi connectivity index (χ0) is 23.6. The molecule has 0 unspecified atom stereocenters. The van der Waals surface area contributed by atoms with Crippen molar-refractivity contribution >= 4 is 44.4 Å². The molecule has 1 aliphatic heterocycles. The number of methoxy groups -OCH3 is 1. The number of halogens is 1. The third-order valence-corrected chi connectivity index (χ3v) is 7.67. The lowest BCUT2D eigenvalue weighted by Crippen LogP contribution is -2.42. The summed E-state index contributed by atoms with van der Waals surface area (Å²) in [7, 11) is -2.21. The van der Waals surface area contributed by atoms with Crippen LogP contribution in [0.1, 0.15) is 18.9 Å². The van der Waals surface area contributed by atoms with Gasteiger partial charge in [0.1, 0.15) is 11.6 Å². The van der Waals surface area contributed by atoms with Crippen LogP contribution < -0.4 is 19.7 Å². The first kappa shape index (κ1) is 23.0. The van der Waals surface area contributed by atoms with Gasteiger partial charge in [0.05, 0.1) is 17.7 Å². The summed E-state index contributed by atoms with van der Waals surface area (Å²) in [6, 6.07) is 17.7. The van der Waals surface area contributed by atoms with Crippen molar-refractivity contribution < 1.29 is 17.5 Å². The Morgan fingerprint density at radius 2 is 1.64 bits per heavy atom. The van der Waals surface area contributed by atoms with Gasteiger partial charge in [0.15, 0.2) is 5.11 Å². The minimum Gasteiger partial charge on any atom is -0.497 e. The van der Waals surface area contributed by atoms with Crippen LogP contribution in [0, 0.1) is 5.82 Å². The van der Waals surface area contributed by atoms with E-state index in [9.17, 15) is 12.8 Å². The van der Waals surface area contributed by atoms with Gasteiger partial charge in [0, 0.05) is 17.4 Å². The largest absolute Gasteiger partial charge is 0.497 e. The Bertz CT molecular complexity index is 1260. The number of benzene rings is 3. The summed E-state index contributed by atoms with van der Waals surface area (Å²) >= 11 is 5.35. The van der Waals surface area contributed by atoms with Crippen LogP contribution in [-0.4, -0.2) is 26.7 Å². The molecule has 3 aromatic rings. The van der Waals surface area contributed by atoms with E-state index in [1.54, 1.807) is 19.2 Å². The molecular weight excluding hydrogens is 461 g/mol. The summed E-state index contributed by atoms with van der Waals surface area (Å²) < 4.78 is 47.1. The van der Waals surface area contributed by atoms with Crippen molar-refractivity contribution in [2.24, 2.45) is 0 Å². The monoisotopic (exact) mass is 485 g/mol. The zero-order valence-corrected chi connectivity index (χ0v) is 19.8. The Hall–Kier alpha value is -3.17. The molecule has 4 rings (SSSR count). The molecule has 0 saturated heterocycles. The fourth-order valence-corrected chi connectivity index (χ4v) is 5.81. The van der Waals surface area contributed by atoms with Crippen molar-refractivity contribution in [2.75, 3.05) is 22.0 Å². The van der Waals surface area contributed by atoms with Gasteiger partial charge in [-0.1, -0.05) is 0 Å². The minimum absolute atomic E-state index is 0.158. The topological polar surface area (TPSA) is 70.7 Å². The predicted molar refractivity (Wildman–Crippen MR) is 133 cm³/mol. The highest BCUT2D eigenvalue weighted by molar-refractivity contribution is 7.92. The lowest BCUT2D eigenvalue weighted by molar-refractivity contribution is 0.415. The highest BCUT2D eigenvalue weighted by Gasteiger charge is 2.33. The lowest BCUT2D eigenvalue weighted by atomic mass is 9.99. The summed E-state index contributed by atoms with van der Waals surface area (Å²) in [4.78, 5) is 0.158. The third-order valence-electron chi connectivity index (χ3n) is 5.53. The van der Waals surface area contributed by atoms with Gasteiger partial charge in [-0.05, 0) is 104 Å². The van der Waals surface area contributed by atoms with Gasteiger partial charge in [-0.15, -0.1) is 0 Å². The quantitative estimate of drug-likeness (QED) is 0.486. The summed E-state index contributed by atoms with van der Waals surface area (Å²) in [5, 5.41) is 6.49. The van der Waals surface area contributed by atoms with E-state index >= 15 is 0 Å². The molecule has 1 aliphatic rings. The van der Waals surface area contributed by atoms with Crippen LogP contribution in [0.4, 0.5) is 21.5 Å². The Kier molecular flexibility index (Phi) is 6.53.